The van der Waals surface area contributed by atoms with E-state index >= 15 is 9.59 Å². The second kappa shape index (κ2) is 35.3. The average Bonchev–Trinajstić information content (AvgIpc) is 1.35. The van der Waals surface area contributed by atoms with Crippen molar-refractivity contribution in [3.63, 3.8) is 0 Å². The third-order valence-electron chi connectivity index (χ3n) is 16.9. The highest BCUT2D eigenvalue weighted by Crippen LogP contribution is 2.30. The largest absolute Gasteiger partial charge is 0.416 e. The number of hydrogen-bond donors (Lipinski definition) is 4. The summed E-state index contributed by atoms with van der Waals surface area (Å²) in [6.07, 6.45) is -5.11. The van der Waals surface area contributed by atoms with Crippen molar-refractivity contribution in [2.75, 3.05) is 69.0 Å². The van der Waals surface area contributed by atoms with Crippen molar-refractivity contribution in [3.05, 3.63) is 106 Å². The van der Waals surface area contributed by atoms with Crippen molar-refractivity contribution < 1.29 is 65.9 Å². The summed E-state index contributed by atoms with van der Waals surface area (Å²) in [5, 5.41) is 11.4. The number of nitrogens with one attached hydrogen (secondary N) is 4. The summed E-state index contributed by atoms with van der Waals surface area (Å²) in [5.41, 5.74) is 0.400. The molecule has 1 aliphatic rings. The number of rotatable bonds is 13. The van der Waals surface area contributed by atoms with Crippen LogP contribution >= 0.6 is 11.6 Å². The number of hydrogen-bond acceptors (Lipinski definition) is 11. The van der Waals surface area contributed by atoms with Gasteiger partial charge in [-0.25, -0.2) is 0 Å². The number of nitrogens with zero attached hydrogens (tertiary/aromatic N) is 7. The molecule has 0 aromatic heterocycles. The van der Waals surface area contributed by atoms with Gasteiger partial charge in [0.15, 0.2) is 0 Å². The zero-order chi connectivity index (χ0) is 69.9. The van der Waals surface area contributed by atoms with Gasteiger partial charge in [0.2, 0.25) is 65.0 Å². The maximum Gasteiger partial charge on any atom is 0.416 e. The molecule has 512 valence electrons. The van der Waals surface area contributed by atoms with E-state index in [1.165, 1.54) is 83.1 Å². The highest BCUT2D eigenvalue weighted by Gasteiger charge is 2.41. The highest BCUT2D eigenvalue weighted by atomic mass is 35.5. The van der Waals surface area contributed by atoms with Crippen LogP contribution in [0, 0.1) is 17.8 Å². The molecule has 1 saturated heterocycles. The van der Waals surface area contributed by atoms with E-state index < -0.39 is 151 Å². The number of benzene rings is 3. The fraction of sp³-hybridized carbons (Fsp3) is 0.567. The second-order valence-corrected chi connectivity index (χ2v) is 25.9. The van der Waals surface area contributed by atoms with Crippen molar-refractivity contribution in [2.24, 2.45) is 17.8 Å². The van der Waals surface area contributed by atoms with Crippen molar-refractivity contribution >= 4 is 76.6 Å². The van der Waals surface area contributed by atoms with Gasteiger partial charge < -0.3 is 55.6 Å². The molecule has 0 bridgehead atoms. The van der Waals surface area contributed by atoms with Crippen LogP contribution < -0.4 is 21.3 Å². The number of aryl methyl sites for hydroxylation is 1. The Bertz CT molecular complexity index is 3100. The predicted octanol–water partition coefficient (Wildman–Crippen LogP) is 4.98. The van der Waals surface area contributed by atoms with Gasteiger partial charge in [0.25, 0.3) is 0 Å². The van der Waals surface area contributed by atoms with Gasteiger partial charge in [-0.15, -0.1) is 0 Å². The first-order valence-electron chi connectivity index (χ1n) is 31.4. The summed E-state index contributed by atoms with van der Waals surface area (Å²) < 4.78 is 41.9. The molecule has 26 heteroatoms. The van der Waals surface area contributed by atoms with Gasteiger partial charge in [-0.1, -0.05) is 120 Å². The Balaban J connectivity index is 1.87. The monoisotopic (exact) mass is 1320 g/mol. The fourth-order valence-electron chi connectivity index (χ4n) is 10.7. The molecule has 0 radical (unpaired) electrons. The molecule has 1 fully saturated rings. The van der Waals surface area contributed by atoms with E-state index in [1.54, 1.807) is 82.3 Å². The summed E-state index contributed by atoms with van der Waals surface area (Å²) >= 11 is 6.20. The lowest BCUT2D eigenvalue weighted by Crippen LogP contribution is -2.60. The van der Waals surface area contributed by atoms with Crippen molar-refractivity contribution in [1.82, 2.24) is 55.6 Å². The lowest BCUT2D eigenvalue weighted by molar-refractivity contribution is -0.149. The number of alkyl halides is 3. The summed E-state index contributed by atoms with van der Waals surface area (Å²) in [7, 11) is 9.54. The number of likely N-dealkylation sites (N-methyl/N-ethyl adjacent to an activating group) is 7. The van der Waals surface area contributed by atoms with E-state index in [1.807, 2.05) is 20.8 Å². The Morgan fingerprint density at radius 1 is 0.516 bits per heavy atom. The van der Waals surface area contributed by atoms with Gasteiger partial charge >= 0.3 is 6.18 Å². The van der Waals surface area contributed by atoms with Crippen LogP contribution in [0.2, 0.25) is 5.02 Å². The maximum atomic E-state index is 15.2. The van der Waals surface area contributed by atoms with Gasteiger partial charge in [-0.2, -0.15) is 13.2 Å². The molecule has 93 heavy (non-hydrogen) atoms. The molecule has 0 aliphatic carbocycles. The zero-order valence-corrected chi connectivity index (χ0v) is 57.0. The van der Waals surface area contributed by atoms with Crippen molar-refractivity contribution in [3.8, 4) is 0 Å². The Morgan fingerprint density at radius 2 is 1.06 bits per heavy atom. The van der Waals surface area contributed by atoms with Crippen LogP contribution in [0.15, 0.2) is 78.9 Å². The van der Waals surface area contributed by atoms with Crippen LogP contribution in [0.5, 0.6) is 0 Å². The number of carbonyl (C=O) groups is 11. The molecule has 4 rings (SSSR count). The van der Waals surface area contributed by atoms with Gasteiger partial charge in [-0.05, 0) is 92.2 Å². The number of amides is 11. The molecule has 9 atom stereocenters. The maximum absolute atomic E-state index is 15.2. The van der Waals surface area contributed by atoms with E-state index in [0.29, 0.717) is 22.6 Å². The van der Waals surface area contributed by atoms with Gasteiger partial charge in [0.1, 0.15) is 42.3 Å². The molecule has 22 nitrogen and oxygen atoms in total. The molecule has 0 saturated carbocycles. The molecule has 11 amide bonds. The molecule has 1 heterocycles. The quantitative estimate of drug-likeness (QED) is 0.177. The van der Waals surface area contributed by atoms with Crippen LogP contribution in [0.25, 0.3) is 0 Å². The van der Waals surface area contributed by atoms with Crippen LogP contribution in [0.3, 0.4) is 0 Å². The average molecular weight is 1320 g/mol. The van der Waals surface area contributed by atoms with E-state index in [2.05, 4.69) is 21.3 Å². The molecule has 0 spiro atoms. The summed E-state index contributed by atoms with van der Waals surface area (Å²) in [6.45, 7) is 12.0. The first-order chi connectivity index (χ1) is 43.4. The number of carbonyl (C=O) groups excluding carboxylic acids is 11. The normalized spacial score (nSPS) is 23.5. The predicted molar refractivity (Wildman–Crippen MR) is 346 cm³/mol. The van der Waals surface area contributed by atoms with Crippen molar-refractivity contribution in [2.45, 2.75) is 161 Å². The first kappa shape index (κ1) is 77.4. The lowest BCUT2D eigenvalue weighted by atomic mass is 9.97. The standard InChI is InChI=1S/C67H95ClF3N11O11/c1-16-42(6)59-66(93)78(11)38-57(85)76(9)39-58(86)80(13)53(36-47-25-28-49(68)29-26-47)64(91)77(10)37-55(83)73-50(30-27-46-23-20-24-48(34-46)67(69,70)71)61(88)74-51(31-40(2)3)63(90)82(15)54(35-45-21-18-17-19-22-45)65(92)81(14)52(32-41(4)5)62(89)72-43(7)33-56(84)79(12)44(8)60(87)75-59/h17-26,28-29,34,40-44,50-54,59H,16,27,30-33,35-39H2,1-15H3,(H,72,89)(H,73,83)(H,74,88)(H,75,87)/t42-,43+,44-,50-,51-,52-,53-,54-,59-/m0/s1. The lowest BCUT2D eigenvalue weighted by Gasteiger charge is -2.37. The number of halogens is 4. The summed E-state index contributed by atoms with van der Waals surface area (Å²) in [4.78, 5) is 167. The SMILES string of the molecule is CC[C@H](C)[C@@H]1NC(=O)[C@H](C)N(C)C(=O)C[C@@H](C)NC(=O)[C@H](CC(C)C)N(C)C(=O)[C@H](Cc2ccccc2)N(C)C(=O)[C@H](CC(C)C)NC(=O)[C@H](CCc2cccc(C(F)(F)F)c2)NC(=O)CN(C)C(=O)[C@H](Cc2ccc(Cl)cc2)N(C)C(=O)CN(C)C(=O)CN(C)C1=O. The van der Waals surface area contributed by atoms with E-state index in [4.69, 9.17) is 11.6 Å². The minimum absolute atomic E-state index is 0.00331. The van der Waals surface area contributed by atoms with E-state index in [9.17, 15) is 56.3 Å². The molecule has 0 unspecified atom stereocenters. The van der Waals surface area contributed by atoms with E-state index in [0.717, 1.165) is 31.7 Å². The first-order valence-corrected chi connectivity index (χ1v) is 31.8. The van der Waals surface area contributed by atoms with Gasteiger partial charge in [0, 0.05) is 79.7 Å². The molecule has 4 N–H and O–H groups in total. The van der Waals surface area contributed by atoms with E-state index in [-0.39, 0.29) is 62.3 Å². The minimum atomic E-state index is -4.71. The molecule has 3 aromatic carbocycles. The van der Waals surface area contributed by atoms with Gasteiger partial charge in [0.05, 0.1) is 25.2 Å². The Hall–Kier alpha value is -8.09. The van der Waals surface area contributed by atoms with Crippen LogP contribution in [0.1, 0.15) is 110 Å². The Kier molecular flexibility index (Phi) is 29.3. The zero-order valence-electron chi connectivity index (χ0n) is 56.3. The Labute approximate surface area is 550 Å². The Morgan fingerprint density at radius 3 is 1.65 bits per heavy atom. The third-order valence-corrected chi connectivity index (χ3v) is 17.2. The molecule has 1 aliphatic heterocycles. The molecular weight excluding hydrogens is 1230 g/mol. The smallest absolute Gasteiger partial charge is 0.351 e. The minimum Gasteiger partial charge on any atom is -0.351 e. The van der Waals surface area contributed by atoms with Gasteiger partial charge in [-0.3, -0.25) is 52.7 Å². The summed E-state index contributed by atoms with van der Waals surface area (Å²) in [5.74, 6) is -8.78. The fourth-order valence-corrected chi connectivity index (χ4v) is 10.9. The molecule has 3 aromatic rings. The second-order valence-electron chi connectivity index (χ2n) is 25.5. The summed E-state index contributed by atoms with van der Waals surface area (Å²) in [6, 6.07) is 9.80. The molecular formula is C67H95ClF3N11O11. The van der Waals surface area contributed by atoms with Crippen LogP contribution in [0.4, 0.5) is 13.2 Å². The van der Waals surface area contributed by atoms with Crippen LogP contribution in [-0.2, 0) is 78.2 Å². The third kappa shape index (κ3) is 22.9. The van der Waals surface area contributed by atoms with Crippen LogP contribution in [-0.4, -0.2) is 217 Å². The highest BCUT2D eigenvalue weighted by molar-refractivity contribution is 6.30. The topological polar surface area (TPSA) is 259 Å². The van der Waals surface area contributed by atoms with Crippen molar-refractivity contribution in [1.29, 1.82) is 0 Å².